The van der Waals surface area contributed by atoms with E-state index in [1.54, 1.807) is 24.3 Å². The molecule has 0 bridgehead atoms. The first-order chi connectivity index (χ1) is 15.0. The van der Waals surface area contributed by atoms with Crippen LogP contribution in [0.5, 0.6) is 5.75 Å². The number of nitrogens with zero attached hydrogens (tertiary/aromatic N) is 1. The van der Waals surface area contributed by atoms with E-state index in [2.05, 4.69) is 15.9 Å². The topological polar surface area (TPSA) is 46.6 Å². The molecule has 4 nitrogen and oxygen atoms in total. The third-order valence-electron chi connectivity index (χ3n) is 4.60. The number of carbonyl (C=O) groups excluding carboxylic acids is 2. The number of carbonyl (C=O) groups is 2. The van der Waals surface area contributed by atoms with Crippen molar-refractivity contribution in [1.29, 1.82) is 0 Å². The van der Waals surface area contributed by atoms with Crippen LogP contribution < -0.4 is 4.74 Å². The molecule has 3 aromatic rings. The fraction of sp³-hybridized carbons (Fsp3) is 0.0833. The molecule has 0 aliphatic carbocycles. The minimum absolute atomic E-state index is 0.200. The van der Waals surface area contributed by atoms with Crippen LogP contribution in [0.3, 0.4) is 0 Å². The Morgan fingerprint density at radius 1 is 0.968 bits per heavy atom. The quantitative estimate of drug-likeness (QED) is 0.335. The first kappa shape index (κ1) is 21.7. The SMILES string of the molecule is O=C1S/C(=C\c2ccc(OCc3ccc(Br)cc3)cc2)C(=O)N1Cc1cccc(Cl)c1. The Kier molecular flexibility index (Phi) is 6.80. The van der Waals surface area contributed by atoms with Crippen LogP contribution in [0.1, 0.15) is 16.7 Å². The highest BCUT2D eigenvalue weighted by Gasteiger charge is 2.34. The second kappa shape index (κ2) is 9.73. The van der Waals surface area contributed by atoms with E-state index in [0.29, 0.717) is 16.5 Å². The van der Waals surface area contributed by atoms with Gasteiger partial charge in [0, 0.05) is 9.50 Å². The van der Waals surface area contributed by atoms with Gasteiger partial charge in [0.15, 0.2) is 0 Å². The van der Waals surface area contributed by atoms with Gasteiger partial charge in [0.2, 0.25) is 0 Å². The number of benzene rings is 3. The maximum absolute atomic E-state index is 12.7. The molecule has 156 valence electrons. The number of hydrogen-bond acceptors (Lipinski definition) is 4. The molecule has 0 radical (unpaired) electrons. The highest BCUT2D eigenvalue weighted by Crippen LogP contribution is 2.33. The summed E-state index contributed by atoms with van der Waals surface area (Å²) in [5.41, 5.74) is 2.70. The summed E-state index contributed by atoms with van der Waals surface area (Å²) in [5, 5.41) is 0.285. The predicted molar refractivity (Wildman–Crippen MR) is 128 cm³/mol. The van der Waals surface area contributed by atoms with E-state index in [9.17, 15) is 9.59 Å². The minimum Gasteiger partial charge on any atom is -0.489 e. The van der Waals surface area contributed by atoms with Crippen LogP contribution in [0.15, 0.2) is 82.2 Å². The number of hydrogen-bond donors (Lipinski definition) is 0. The van der Waals surface area contributed by atoms with Crippen LogP contribution in [-0.2, 0) is 17.9 Å². The lowest BCUT2D eigenvalue weighted by Crippen LogP contribution is -2.27. The van der Waals surface area contributed by atoms with Gasteiger partial charge in [-0.25, -0.2) is 0 Å². The Balaban J connectivity index is 1.40. The Morgan fingerprint density at radius 3 is 2.42 bits per heavy atom. The molecule has 1 aliphatic heterocycles. The van der Waals surface area contributed by atoms with Crippen molar-refractivity contribution in [2.45, 2.75) is 13.2 Å². The molecular weight excluding hydrogens is 498 g/mol. The fourth-order valence-electron chi connectivity index (χ4n) is 3.01. The molecule has 2 amide bonds. The maximum Gasteiger partial charge on any atom is 0.293 e. The lowest BCUT2D eigenvalue weighted by Gasteiger charge is -2.12. The van der Waals surface area contributed by atoms with Gasteiger partial charge in [0.05, 0.1) is 11.4 Å². The van der Waals surface area contributed by atoms with E-state index in [-0.39, 0.29) is 17.7 Å². The van der Waals surface area contributed by atoms with Gasteiger partial charge in [-0.2, -0.15) is 0 Å². The van der Waals surface area contributed by atoms with E-state index in [1.807, 2.05) is 54.6 Å². The first-order valence-corrected chi connectivity index (χ1v) is 11.4. The monoisotopic (exact) mass is 513 g/mol. The molecule has 31 heavy (non-hydrogen) atoms. The second-order valence-electron chi connectivity index (χ2n) is 6.88. The summed E-state index contributed by atoms with van der Waals surface area (Å²) >= 11 is 10.4. The van der Waals surface area contributed by atoms with Crippen molar-refractivity contribution >= 4 is 56.5 Å². The molecule has 1 aliphatic rings. The second-order valence-corrected chi connectivity index (χ2v) is 9.23. The molecule has 0 unspecified atom stereocenters. The molecule has 0 N–H and O–H groups in total. The zero-order valence-corrected chi connectivity index (χ0v) is 19.4. The van der Waals surface area contributed by atoms with Crippen LogP contribution >= 0.6 is 39.3 Å². The van der Waals surface area contributed by atoms with E-state index < -0.39 is 0 Å². The molecule has 1 saturated heterocycles. The van der Waals surface area contributed by atoms with Crippen LogP contribution in [0.25, 0.3) is 6.08 Å². The standard InChI is InChI=1S/C24H17BrClNO3S/c25-19-8-4-17(5-9-19)15-30-21-10-6-16(7-11-21)13-22-23(28)27(24(29)31-22)14-18-2-1-3-20(26)12-18/h1-13H,14-15H2/b22-13-. The summed E-state index contributed by atoms with van der Waals surface area (Å²) in [4.78, 5) is 26.7. The molecule has 0 aromatic heterocycles. The van der Waals surface area contributed by atoms with Crippen LogP contribution in [0, 0.1) is 0 Å². The van der Waals surface area contributed by atoms with Crippen molar-refractivity contribution in [2.75, 3.05) is 0 Å². The minimum atomic E-state index is -0.300. The van der Waals surface area contributed by atoms with Crippen LogP contribution in [0.4, 0.5) is 4.79 Å². The molecule has 1 heterocycles. The summed E-state index contributed by atoms with van der Waals surface area (Å²) in [5.74, 6) is 0.430. The third kappa shape index (κ3) is 5.58. The molecule has 0 saturated carbocycles. The Labute approximate surface area is 198 Å². The smallest absolute Gasteiger partial charge is 0.293 e. The molecule has 1 fully saturated rings. The molecule has 3 aromatic carbocycles. The van der Waals surface area contributed by atoms with Crippen molar-refractivity contribution in [3.8, 4) is 5.75 Å². The highest BCUT2D eigenvalue weighted by atomic mass is 79.9. The van der Waals surface area contributed by atoms with Crippen LogP contribution in [-0.4, -0.2) is 16.0 Å². The fourth-order valence-corrected chi connectivity index (χ4v) is 4.33. The number of amides is 2. The molecular formula is C24H17BrClNO3S. The molecule has 4 rings (SSSR count). The van der Waals surface area contributed by atoms with Gasteiger partial charge in [-0.1, -0.05) is 63.9 Å². The first-order valence-electron chi connectivity index (χ1n) is 9.45. The van der Waals surface area contributed by atoms with E-state index in [0.717, 1.165) is 38.7 Å². The van der Waals surface area contributed by atoms with Crippen molar-refractivity contribution in [2.24, 2.45) is 0 Å². The van der Waals surface area contributed by atoms with Crippen molar-refractivity contribution < 1.29 is 14.3 Å². The maximum atomic E-state index is 12.7. The van der Waals surface area contributed by atoms with Gasteiger partial charge in [-0.05, 0) is 70.9 Å². The summed E-state index contributed by atoms with van der Waals surface area (Å²) < 4.78 is 6.83. The zero-order chi connectivity index (χ0) is 21.8. The van der Waals surface area contributed by atoms with Gasteiger partial charge in [-0.3, -0.25) is 14.5 Å². The van der Waals surface area contributed by atoms with E-state index in [1.165, 1.54) is 4.90 Å². The van der Waals surface area contributed by atoms with E-state index in [4.69, 9.17) is 16.3 Å². The third-order valence-corrected chi connectivity index (χ3v) is 6.27. The highest BCUT2D eigenvalue weighted by molar-refractivity contribution is 9.10. The van der Waals surface area contributed by atoms with Gasteiger partial charge in [-0.15, -0.1) is 0 Å². The van der Waals surface area contributed by atoms with Crippen molar-refractivity contribution in [1.82, 2.24) is 4.90 Å². The summed E-state index contributed by atoms with van der Waals surface area (Å²) in [6.07, 6.45) is 1.72. The number of thioether (sulfide) groups is 1. The largest absolute Gasteiger partial charge is 0.489 e. The van der Waals surface area contributed by atoms with Crippen LogP contribution in [0.2, 0.25) is 5.02 Å². The van der Waals surface area contributed by atoms with Crippen molar-refractivity contribution in [3.05, 3.63) is 104 Å². The molecule has 7 heteroatoms. The predicted octanol–water partition coefficient (Wildman–Crippen LogP) is 6.92. The van der Waals surface area contributed by atoms with Gasteiger partial charge in [0.25, 0.3) is 11.1 Å². The molecule has 0 atom stereocenters. The lowest BCUT2D eigenvalue weighted by molar-refractivity contribution is -0.123. The van der Waals surface area contributed by atoms with E-state index >= 15 is 0 Å². The Bertz CT molecular complexity index is 1150. The number of rotatable bonds is 6. The Hall–Kier alpha value is -2.54. The summed E-state index contributed by atoms with van der Waals surface area (Å²) in [7, 11) is 0. The van der Waals surface area contributed by atoms with Crippen molar-refractivity contribution in [3.63, 3.8) is 0 Å². The number of imide groups is 1. The summed E-state index contributed by atoms with van der Waals surface area (Å²) in [6, 6.07) is 22.5. The van der Waals surface area contributed by atoms with Gasteiger partial charge >= 0.3 is 0 Å². The molecule has 0 spiro atoms. The van der Waals surface area contributed by atoms with Gasteiger partial charge < -0.3 is 4.74 Å². The zero-order valence-electron chi connectivity index (χ0n) is 16.3. The normalized spacial score (nSPS) is 15.0. The Morgan fingerprint density at radius 2 is 1.71 bits per heavy atom. The number of halogens is 2. The number of ether oxygens (including phenoxy) is 1. The lowest BCUT2D eigenvalue weighted by atomic mass is 10.2. The average molecular weight is 515 g/mol. The summed E-state index contributed by atoms with van der Waals surface area (Å²) in [6.45, 7) is 0.667. The van der Waals surface area contributed by atoms with Gasteiger partial charge in [0.1, 0.15) is 12.4 Å². The average Bonchev–Trinajstić information content (AvgIpc) is 3.02.